The van der Waals surface area contributed by atoms with Gasteiger partial charge >= 0.3 is 0 Å². The number of ether oxygens (including phenoxy) is 1. The number of amides is 1. The molecule has 0 radical (unpaired) electrons. The molecule has 1 aromatic heterocycles. The second-order valence-electron chi connectivity index (χ2n) is 5.49. The van der Waals surface area contributed by atoms with E-state index in [0.29, 0.717) is 6.54 Å². The van der Waals surface area contributed by atoms with Gasteiger partial charge in [-0.3, -0.25) is 4.79 Å². The SMILES string of the molecule is CO[C@H](C)c1cccc(N[C@H](C)C(=O)NCCc2cccs2)c1. The molecule has 4 nitrogen and oxygen atoms in total. The van der Waals surface area contributed by atoms with Crippen LogP contribution in [0, 0.1) is 0 Å². The van der Waals surface area contributed by atoms with Gasteiger partial charge in [-0.15, -0.1) is 11.3 Å². The number of hydrogen-bond acceptors (Lipinski definition) is 4. The van der Waals surface area contributed by atoms with Gasteiger partial charge in [0.2, 0.25) is 5.91 Å². The Kier molecular flexibility index (Phi) is 6.62. The van der Waals surface area contributed by atoms with E-state index in [-0.39, 0.29) is 18.1 Å². The molecule has 0 fully saturated rings. The maximum Gasteiger partial charge on any atom is 0.242 e. The lowest BCUT2D eigenvalue weighted by Crippen LogP contribution is -2.38. The third-order valence-electron chi connectivity index (χ3n) is 3.74. The molecule has 0 aliphatic rings. The van der Waals surface area contributed by atoms with E-state index < -0.39 is 0 Å². The lowest BCUT2D eigenvalue weighted by Gasteiger charge is -2.17. The molecular weight excluding hydrogens is 308 g/mol. The molecule has 0 saturated carbocycles. The average Bonchev–Trinajstić information content (AvgIpc) is 3.07. The summed E-state index contributed by atoms with van der Waals surface area (Å²) in [6.45, 7) is 4.53. The average molecular weight is 332 g/mol. The maximum absolute atomic E-state index is 12.2. The zero-order valence-electron chi connectivity index (χ0n) is 13.8. The number of rotatable bonds is 8. The van der Waals surface area contributed by atoms with E-state index in [2.05, 4.69) is 22.1 Å². The Balaban J connectivity index is 1.83. The van der Waals surface area contributed by atoms with Crippen LogP contribution in [0.3, 0.4) is 0 Å². The predicted molar refractivity (Wildman–Crippen MR) is 96.0 cm³/mol. The normalized spacial score (nSPS) is 13.3. The van der Waals surface area contributed by atoms with Gasteiger partial charge in [-0.1, -0.05) is 18.2 Å². The standard InChI is InChI=1S/C18H24N2O2S/c1-13(18(21)19-10-9-17-8-5-11-23-17)20-16-7-4-6-15(12-16)14(2)22-3/h4-8,11-14,20H,9-10H2,1-3H3,(H,19,21)/t13-,14-/m1/s1. The van der Waals surface area contributed by atoms with Crippen LogP contribution in [0.5, 0.6) is 0 Å². The van der Waals surface area contributed by atoms with Crippen molar-refractivity contribution in [3.8, 4) is 0 Å². The van der Waals surface area contributed by atoms with Crippen LogP contribution in [-0.2, 0) is 16.0 Å². The van der Waals surface area contributed by atoms with Crippen molar-refractivity contribution < 1.29 is 9.53 Å². The number of benzene rings is 1. The third kappa shape index (κ3) is 5.37. The fourth-order valence-electron chi connectivity index (χ4n) is 2.25. The lowest BCUT2D eigenvalue weighted by atomic mass is 10.1. The van der Waals surface area contributed by atoms with Gasteiger partial charge in [0.25, 0.3) is 0 Å². The first-order valence-corrected chi connectivity index (χ1v) is 8.67. The largest absolute Gasteiger partial charge is 0.377 e. The van der Waals surface area contributed by atoms with Crippen LogP contribution in [-0.4, -0.2) is 25.6 Å². The van der Waals surface area contributed by atoms with Crippen molar-refractivity contribution in [2.45, 2.75) is 32.4 Å². The van der Waals surface area contributed by atoms with Gasteiger partial charge in [-0.2, -0.15) is 0 Å². The zero-order valence-corrected chi connectivity index (χ0v) is 14.7. The van der Waals surface area contributed by atoms with Crippen LogP contribution in [0.25, 0.3) is 0 Å². The molecule has 1 amide bonds. The summed E-state index contributed by atoms with van der Waals surface area (Å²) in [6, 6.07) is 11.8. The lowest BCUT2D eigenvalue weighted by molar-refractivity contribution is -0.121. The zero-order chi connectivity index (χ0) is 16.7. The summed E-state index contributed by atoms with van der Waals surface area (Å²) in [7, 11) is 1.69. The molecule has 0 bridgehead atoms. The highest BCUT2D eigenvalue weighted by atomic mass is 32.1. The summed E-state index contributed by atoms with van der Waals surface area (Å²) in [5.74, 6) is 0.00625. The van der Waals surface area contributed by atoms with E-state index in [1.54, 1.807) is 18.4 Å². The molecule has 124 valence electrons. The van der Waals surface area contributed by atoms with Crippen molar-refractivity contribution in [2.75, 3.05) is 19.0 Å². The molecule has 0 aliphatic heterocycles. The summed E-state index contributed by atoms with van der Waals surface area (Å²) < 4.78 is 5.33. The topological polar surface area (TPSA) is 50.4 Å². The van der Waals surface area contributed by atoms with Gasteiger partial charge in [0.15, 0.2) is 0 Å². The van der Waals surface area contributed by atoms with Gasteiger partial charge in [-0.05, 0) is 49.4 Å². The molecule has 0 spiro atoms. The second kappa shape index (κ2) is 8.70. The summed E-state index contributed by atoms with van der Waals surface area (Å²) in [4.78, 5) is 13.4. The van der Waals surface area contributed by atoms with E-state index in [1.807, 2.05) is 44.2 Å². The summed E-state index contributed by atoms with van der Waals surface area (Å²) in [5.41, 5.74) is 2.01. The summed E-state index contributed by atoms with van der Waals surface area (Å²) in [6.07, 6.45) is 0.906. The number of methoxy groups -OCH3 is 1. The Morgan fingerprint density at radius 3 is 2.78 bits per heavy atom. The van der Waals surface area contributed by atoms with Gasteiger partial charge in [0, 0.05) is 24.2 Å². The number of nitrogens with one attached hydrogen (secondary N) is 2. The number of carbonyl (C=O) groups excluding carboxylic acids is 1. The number of anilines is 1. The van der Waals surface area contributed by atoms with Crippen LogP contribution in [0.1, 0.15) is 30.4 Å². The highest BCUT2D eigenvalue weighted by molar-refractivity contribution is 7.09. The van der Waals surface area contributed by atoms with Crippen molar-refractivity contribution in [2.24, 2.45) is 0 Å². The Labute approximate surface area is 141 Å². The molecule has 0 saturated heterocycles. The summed E-state index contributed by atoms with van der Waals surface area (Å²) in [5, 5.41) is 8.26. The fourth-order valence-corrected chi connectivity index (χ4v) is 2.96. The first kappa shape index (κ1) is 17.5. The van der Waals surface area contributed by atoms with Crippen LogP contribution < -0.4 is 10.6 Å². The number of carbonyl (C=O) groups is 1. The van der Waals surface area contributed by atoms with Gasteiger partial charge < -0.3 is 15.4 Å². The van der Waals surface area contributed by atoms with Crippen molar-refractivity contribution in [3.63, 3.8) is 0 Å². The van der Waals surface area contributed by atoms with Crippen molar-refractivity contribution >= 4 is 22.9 Å². The van der Waals surface area contributed by atoms with Gasteiger partial charge in [0.05, 0.1) is 6.10 Å². The maximum atomic E-state index is 12.2. The van der Waals surface area contributed by atoms with Crippen molar-refractivity contribution in [3.05, 3.63) is 52.2 Å². The number of hydrogen-bond donors (Lipinski definition) is 2. The van der Waals surface area contributed by atoms with E-state index in [9.17, 15) is 4.79 Å². The number of thiophene rings is 1. The molecule has 5 heteroatoms. The van der Waals surface area contributed by atoms with Crippen LogP contribution in [0.15, 0.2) is 41.8 Å². The Bertz CT molecular complexity index is 613. The monoisotopic (exact) mass is 332 g/mol. The van der Waals surface area contributed by atoms with Gasteiger partial charge in [-0.25, -0.2) is 0 Å². The fraction of sp³-hybridized carbons (Fsp3) is 0.389. The highest BCUT2D eigenvalue weighted by Gasteiger charge is 2.13. The minimum atomic E-state index is -0.286. The van der Waals surface area contributed by atoms with E-state index in [0.717, 1.165) is 17.7 Å². The minimum absolute atomic E-state index is 0.00625. The highest BCUT2D eigenvalue weighted by Crippen LogP contribution is 2.20. The molecule has 1 aromatic carbocycles. The van der Waals surface area contributed by atoms with Crippen LogP contribution in [0.4, 0.5) is 5.69 Å². The quantitative estimate of drug-likeness (QED) is 0.776. The smallest absolute Gasteiger partial charge is 0.242 e. The van der Waals surface area contributed by atoms with E-state index in [1.165, 1.54) is 4.88 Å². The molecule has 0 unspecified atom stereocenters. The Morgan fingerprint density at radius 2 is 2.09 bits per heavy atom. The van der Waals surface area contributed by atoms with Gasteiger partial charge in [0.1, 0.15) is 6.04 Å². The molecule has 1 heterocycles. The third-order valence-corrected chi connectivity index (χ3v) is 4.67. The first-order valence-electron chi connectivity index (χ1n) is 7.79. The first-order chi connectivity index (χ1) is 11.1. The van der Waals surface area contributed by atoms with Crippen LogP contribution in [0.2, 0.25) is 0 Å². The minimum Gasteiger partial charge on any atom is -0.377 e. The molecule has 2 N–H and O–H groups in total. The van der Waals surface area contributed by atoms with Crippen molar-refractivity contribution in [1.29, 1.82) is 0 Å². The molecule has 2 aromatic rings. The van der Waals surface area contributed by atoms with E-state index >= 15 is 0 Å². The molecule has 0 aliphatic carbocycles. The second-order valence-corrected chi connectivity index (χ2v) is 6.52. The Morgan fingerprint density at radius 1 is 1.26 bits per heavy atom. The van der Waals surface area contributed by atoms with Crippen LogP contribution >= 0.6 is 11.3 Å². The molecular formula is C18H24N2O2S. The molecule has 2 atom stereocenters. The van der Waals surface area contributed by atoms with Crippen molar-refractivity contribution in [1.82, 2.24) is 5.32 Å². The summed E-state index contributed by atoms with van der Waals surface area (Å²) >= 11 is 1.71. The Hall–Kier alpha value is -1.85. The van der Waals surface area contributed by atoms with E-state index in [4.69, 9.17) is 4.74 Å². The predicted octanol–water partition coefficient (Wildman–Crippen LogP) is 3.61. The molecule has 23 heavy (non-hydrogen) atoms. The molecule has 2 rings (SSSR count).